The van der Waals surface area contributed by atoms with Gasteiger partial charge < -0.3 is 11.1 Å². The van der Waals surface area contributed by atoms with E-state index in [9.17, 15) is 9.59 Å². The minimum Gasteiger partial charge on any atom is -0.385 e. The molecule has 5 heteroatoms. The first kappa shape index (κ1) is 13.8. The van der Waals surface area contributed by atoms with E-state index in [1.807, 2.05) is 6.07 Å². The quantitative estimate of drug-likeness (QED) is 0.671. The van der Waals surface area contributed by atoms with Crippen LogP contribution in [-0.2, 0) is 0 Å². The van der Waals surface area contributed by atoms with E-state index in [1.165, 1.54) is 6.08 Å². The Hall–Kier alpha value is -3.21. The molecule has 2 amide bonds. The maximum absolute atomic E-state index is 12.3. The van der Waals surface area contributed by atoms with E-state index in [0.717, 1.165) is 4.90 Å². The summed E-state index contributed by atoms with van der Waals surface area (Å²) < 4.78 is 0. The van der Waals surface area contributed by atoms with Crippen LogP contribution < -0.4 is 5.73 Å². The highest BCUT2D eigenvalue weighted by atomic mass is 16.2. The molecule has 3 rings (SSSR count). The van der Waals surface area contributed by atoms with Gasteiger partial charge in [-0.1, -0.05) is 42.5 Å². The Morgan fingerprint density at radius 2 is 1.41 bits per heavy atom. The number of imide groups is 1. The lowest BCUT2D eigenvalue weighted by atomic mass is 10.1. The number of benzene rings is 2. The van der Waals surface area contributed by atoms with Gasteiger partial charge >= 0.3 is 0 Å². The van der Waals surface area contributed by atoms with E-state index >= 15 is 0 Å². The zero-order chi connectivity index (χ0) is 15.7. The van der Waals surface area contributed by atoms with Crippen molar-refractivity contribution in [3.63, 3.8) is 0 Å². The van der Waals surface area contributed by atoms with E-state index in [1.54, 1.807) is 48.5 Å². The third-order valence-electron chi connectivity index (χ3n) is 3.43. The largest absolute Gasteiger partial charge is 0.385 e. The van der Waals surface area contributed by atoms with Gasteiger partial charge in [0.1, 0.15) is 5.82 Å². The standard InChI is InChI=1S/C17H13N3O2/c18-14(11-6-2-1-3-7-11)10-15(19)20-16(21)12-8-4-5-9-13(12)17(20)22/h1-10,18H,19H2/b15-10+,18-14?. The molecule has 0 aromatic heterocycles. The summed E-state index contributed by atoms with van der Waals surface area (Å²) in [7, 11) is 0. The molecule has 1 aliphatic heterocycles. The van der Waals surface area contributed by atoms with Crippen molar-refractivity contribution in [2.75, 3.05) is 0 Å². The monoisotopic (exact) mass is 291 g/mol. The number of carbonyl (C=O) groups is 2. The van der Waals surface area contributed by atoms with Crippen molar-refractivity contribution in [2.45, 2.75) is 0 Å². The topological polar surface area (TPSA) is 87.2 Å². The molecule has 0 saturated carbocycles. The number of carbonyl (C=O) groups excluding carboxylic acids is 2. The van der Waals surface area contributed by atoms with E-state index in [0.29, 0.717) is 16.7 Å². The van der Waals surface area contributed by atoms with Crippen LogP contribution in [0.15, 0.2) is 66.5 Å². The van der Waals surface area contributed by atoms with Gasteiger partial charge in [0.05, 0.1) is 16.8 Å². The molecule has 0 bridgehead atoms. The predicted molar refractivity (Wildman–Crippen MR) is 82.5 cm³/mol. The van der Waals surface area contributed by atoms with E-state index in [2.05, 4.69) is 0 Å². The van der Waals surface area contributed by atoms with Gasteiger partial charge in [-0.25, -0.2) is 4.90 Å². The number of hydrogen-bond acceptors (Lipinski definition) is 4. The molecule has 0 unspecified atom stereocenters. The molecular weight excluding hydrogens is 278 g/mol. The van der Waals surface area contributed by atoms with E-state index in [4.69, 9.17) is 11.1 Å². The molecule has 108 valence electrons. The zero-order valence-corrected chi connectivity index (χ0v) is 11.6. The van der Waals surface area contributed by atoms with Gasteiger partial charge in [0.2, 0.25) is 0 Å². The van der Waals surface area contributed by atoms with Gasteiger partial charge in [-0.3, -0.25) is 9.59 Å². The molecule has 2 aromatic carbocycles. The number of nitrogens with two attached hydrogens (primary N) is 1. The van der Waals surface area contributed by atoms with Gasteiger partial charge in [-0.05, 0) is 17.7 Å². The molecule has 1 heterocycles. The molecule has 5 nitrogen and oxygen atoms in total. The lowest BCUT2D eigenvalue weighted by molar-refractivity contribution is 0.0703. The van der Waals surface area contributed by atoms with Crippen molar-refractivity contribution in [3.8, 4) is 0 Å². The fourth-order valence-electron chi connectivity index (χ4n) is 2.34. The number of nitrogens with zero attached hydrogens (tertiary/aromatic N) is 1. The number of hydrogen-bond donors (Lipinski definition) is 2. The summed E-state index contributed by atoms with van der Waals surface area (Å²) in [5, 5.41) is 8.01. The Bertz CT molecular complexity index is 775. The molecule has 0 saturated heterocycles. The summed E-state index contributed by atoms with van der Waals surface area (Å²) in [6.45, 7) is 0. The molecular formula is C17H13N3O2. The van der Waals surface area contributed by atoms with Crippen molar-refractivity contribution in [1.82, 2.24) is 4.90 Å². The molecule has 0 atom stereocenters. The van der Waals surface area contributed by atoms with Crippen LogP contribution in [-0.4, -0.2) is 22.4 Å². The number of fused-ring (bicyclic) bond motifs is 1. The maximum atomic E-state index is 12.3. The lowest BCUT2D eigenvalue weighted by Gasteiger charge is -2.14. The number of allylic oxidation sites excluding steroid dienone is 1. The van der Waals surface area contributed by atoms with Crippen LogP contribution in [0.1, 0.15) is 26.3 Å². The maximum Gasteiger partial charge on any atom is 0.267 e. The first-order valence-corrected chi connectivity index (χ1v) is 6.68. The molecule has 0 aliphatic carbocycles. The smallest absolute Gasteiger partial charge is 0.267 e. The molecule has 0 fully saturated rings. The van der Waals surface area contributed by atoms with Gasteiger partial charge in [0.15, 0.2) is 0 Å². The van der Waals surface area contributed by atoms with Gasteiger partial charge in [0, 0.05) is 6.08 Å². The first-order valence-electron chi connectivity index (χ1n) is 6.68. The summed E-state index contributed by atoms with van der Waals surface area (Å²) in [5.74, 6) is -0.981. The SMILES string of the molecule is N=C(/C=C(\N)N1C(=O)c2ccccc2C1=O)c1ccccc1. The Kier molecular flexibility index (Phi) is 3.31. The Morgan fingerprint density at radius 1 is 0.909 bits per heavy atom. The summed E-state index contributed by atoms with van der Waals surface area (Å²) in [6.07, 6.45) is 1.32. The van der Waals surface area contributed by atoms with Crippen LogP contribution in [0.3, 0.4) is 0 Å². The average Bonchev–Trinajstić information content (AvgIpc) is 2.80. The minimum atomic E-state index is -0.463. The summed E-state index contributed by atoms with van der Waals surface area (Å²) in [6, 6.07) is 15.5. The second-order valence-electron chi connectivity index (χ2n) is 4.84. The highest BCUT2D eigenvalue weighted by Gasteiger charge is 2.36. The second-order valence-corrected chi connectivity index (χ2v) is 4.84. The van der Waals surface area contributed by atoms with Crippen LogP contribution in [0, 0.1) is 5.41 Å². The van der Waals surface area contributed by atoms with Crippen molar-refractivity contribution in [1.29, 1.82) is 5.41 Å². The van der Waals surface area contributed by atoms with Crippen LogP contribution in [0.2, 0.25) is 0 Å². The fourth-order valence-corrected chi connectivity index (χ4v) is 2.34. The van der Waals surface area contributed by atoms with E-state index in [-0.39, 0.29) is 11.5 Å². The Morgan fingerprint density at radius 3 is 1.95 bits per heavy atom. The Balaban J connectivity index is 1.92. The van der Waals surface area contributed by atoms with Gasteiger partial charge in [-0.15, -0.1) is 0 Å². The second kappa shape index (κ2) is 5.29. The van der Waals surface area contributed by atoms with Crippen molar-refractivity contribution >= 4 is 17.5 Å². The van der Waals surface area contributed by atoms with Gasteiger partial charge in [-0.2, -0.15) is 0 Å². The number of amides is 2. The number of nitrogens with one attached hydrogen (secondary N) is 1. The number of rotatable bonds is 3. The van der Waals surface area contributed by atoms with Crippen molar-refractivity contribution in [3.05, 3.63) is 83.2 Å². The minimum absolute atomic E-state index is 0.0555. The molecule has 22 heavy (non-hydrogen) atoms. The molecule has 3 N–H and O–H groups in total. The van der Waals surface area contributed by atoms with Crippen LogP contribution >= 0.6 is 0 Å². The third kappa shape index (κ3) is 2.18. The van der Waals surface area contributed by atoms with Crippen LogP contribution in [0.25, 0.3) is 0 Å². The highest BCUT2D eigenvalue weighted by molar-refractivity contribution is 6.22. The third-order valence-corrected chi connectivity index (χ3v) is 3.43. The highest BCUT2D eigenvalue weighted by Crippen LogP contribution is 2.24. The average molecular weight is 291 g/mol. The lowest BCUT2D eigenvalue weighted by Crippen LogP contribution is -2.33. The molecule has 0 spiro atoms. The van der Waals surface area contributed by atoms with Crippen molar-refractivity contribution < 1.29 is 9.59 Å². The Labute approximate surface area is 127 Å². The summed E-state index contributed by atoms with van der Waals surface area (Å²) in [4.78, 5) is 25.5. The predicted octanol–water partition coefficient (Wildman–Crippen LogP) is 2.15. The zero-order valence-electron chi connectivity index (χ0n) is 11.6. The van der Waals surface area contributed by atoms with E-state index < -0.39 is 11.8 Å². The van der Waals surface area contributed by atoms with Crippen LogP contribution in [0.5, 0.6) is 0 Å². The first-order chi connectivity index (χ1) is 10.6. The van der Waals surface area contributed by atoms with Gasteiger partial charge in [0.25, 0.3) is 11.8 Å². The normalized spacial score (nSPS) is 14.2. The van der Waals surface area contributed by atoms with Crippen molar-refractivity contribution in [2.24, 2.45) is 5.73 Å². The molecule has 2 aromatic rings. The summed E-state index contributed by atoms with van der Waals surface area (Å²) >= 11 is 0. The fraction of sp³-hybridized carbons (Fsp3) is 0. The molecule has 0 radical (unpaired) electrons. The molecule has 1 aliphatic rings. The summed E-state index contributed by atoms with van der Waals surface area (Å²) in [5.41, 5.74) is 7.33. The van der Waals surface area contributed by atoms with Crippen LogP contribution in [0.4, 0.5) is 0 Å².